The molecule has 0 atom stereocenters. The summed E-state index contributed by atoms with van der Waals surface area (Å²) in [6.07, 6.45) is 2.36. The molecule has 0 radical (unpaired) electrons. The molecule has 6 nitrogen and oxygen atoms in total. The third-order valence-electron chi connectivity index (χ3n) is 3.60. The van der Waals surface area contributed by atoms with Gasteiger partial charge < -0.3 is 10.2 Å². The van der Waals surface area contributed by atoms with Gasteiger partial charge in [-0.05, 0) is 12.6 Å². The zero-order valence-electron chi connectivity index (χ0n) is 11.9. The number of hydrogen-bond donors (Lipinski definition) is 2. The Hall–Kier alpha value is -1.70. The van der Waals surface area contributed by atoms with Crippen molar-refractivity contribution in [3.63, 3.8) is 0 Å². The Bertz CT molecular complexity index is 649. The fraction of sp³-hybridized carbons (Fsp3) is 0.429. The maximum Gasteiger partial charge on any atom is 0.260 e. The standard InChI is InChI=1S/C14H18N4O2S/c1-2-18-4-3-11-12(7-18)21-14(16-11)17-13(19)9-5-10(6-15)20-8-9/h5,8H,2-4,6-7,15H2,1H3,(H,16,17,19). The summed E-state index contributed by atoms with van der Waals surface area (Å²) in [5, 5.41) is 3.49. The van der Waals surface area contributed by atoms with E-state index in [2.05, 4.69) is 22.1 Å². The number of aromatic nitrogens is 1. The highest BCUT2D eigenvalue weighted by Crippen LogP contribution is 2.28. The first-order valence-corrected chi connectivity index (χ1v) is 7.81. The number of thiazole rings is 1. The van der Waals surface area contributed by atoms with E-state index in [9.17, 15) is 4.79 Å². The van der Waals surface area contributed by atoms with Crippen molar-refractivity contribution in [1.29, 1.82) is 0 Å². The van der Waals surface area contributed by atoms with Crippen LogP contribution in [0.3, 0.4) is 0 Å². The maximum absolute atomic E-state index is 12.1. The summed E-state index contributed by atoms with van der Waals surface area (Å²) in [4.78, 5) is 20.3. The molecule has 0 aliphatic carbocycles. The predicted molar refractivity (Wildman–Crippen MR) is 81.3 cm³/mol. The van der Waals surface area contributed by atoms with E-state index in [1.807, 2.05) is 0 Å². The lowest BCUT2D eigenvalue weighted by molar-refractivity contribution is 0.102. The van der Waals surface area contributed by atoms with Crippen LogP contribution in [0.15, 0.2) is 16.7 Å². The molecule has 0 saturated carbocycles. The van der Waals surface area contributed by atoms with Crippen LogP contribution in [0.5, 0.6) is 0 Å². The van der Waals surface area contributed by atoms with Gasteiger partial charge in [-0.15, -0.1) is 11.3 Å². The number of nitrogens with one attached hydrogen (secondary N) is 1. The molecule has 2 aromatic heterocycles. The number of rotatable bonds is 4. The molecule has 3 N–H and O–H groups in total. The Morgan fingerprint density at radius 1 is 1.62 bits per heavy atom. The van der Waals surface area contributed by atoms with Gasteiger partial charge in [0.05, 0.1) is 17.8 Å². The third kappa shape index (κ3) is 2.99. The van der Waals surface area contributed by atoms with Gasteiger partial charge in [0.1, 0.15) is 12.0 Å². The third-order valence-corrected chi connectivity index (χ3v) is 4.59. The molecule has 21 heavy (non-hydrogen) atoms. The summed E-state index contributed by atoms with van der Waals surface area (Å²) in [5.74, 6) is 0.383. The first kappa shape index (κ1) is 14.2. The molecule has 0 spiro atoms. The Morgan fingerprint density at radius 2 is 2.48 bits per heavy atom. The van der Waals surface area contributed by atoms with E-state index in [0.29, 0.717) is 16.5 Å². The molecule has 0 saturated heterocycles. The van der Waals surface area contributed by atoms with Gasteiger partial charge in [-0.25, -0.2) is 4.98 Å². The molecule has 1 amide bonds. The zero-order valence-corrected chi connectivity index (χ0v) is 12.7. The summed E-state index contributed by atoms with van der Waals surface area (Å²) in [6, 6.07) is 1.65. The summed E-state index contributed by atoms with van der Waals surface area (Å²) in [6.45, 7) is 5.43. The summed E-state index contributed by atoms with van der Waals surface area (Å²) >= 11 is 1.55. The summed E-state index contributed by atoms with van der Waals surface area (Å²) < 4.78 is 5.17. The molecular formula is C14H18N4O2S. The molecule has 0 bridgehead atoms. The number of likely N-dealkylation sites (N-methyl/N-ethyl adjacent to an activating group) is 1. The fourth-order valence-electron chi connectivity index (χ4n) is 2.35. The van der Waals surface area contributed by atoms with Crippen LogP contribution < -0.4 is 11.1 Å². The summed E-state index contributed by atoms with van der Waals surface area (Å²) in [7, 11) is 0. The zero-order chi connectivity index (χ0) is 14.8. The van der Waals surface area contributed by atoms with Gasteiger partial charge in [0.25, 0.3) is 5.91 Å². The van der Waals surface area contributed by atoms with E-state index < -0.39 is 0 Å². The number of amides is 1. The van der Waals surface area contributed by atoms with Gasteiger partial charge >= 0.3 is 0 Å². The minimum atomic E-state index is -0.211. The highest BCUT2D eigenvalue weighted by Gasteiger charge is 2.20. The number of furan rings is 1. The Kier molecular flexibility index (Phi) is 4.05. The van der Waals surface area contributed by atoms with Crippen LogP contribution in [0.4, 0.5) is 5.13 Å². The van der Waals surface area contributed by atoms with Crippen LogP contribution in [0.25, 0.3) is 0 Å². The number of hydrogen-bond acceptors (Lipinski definition) is 6. The second-order valence-corrected chi connectivity index (χ2v) is 6.05. The minimum Gasteiger partial charge on any atom is -0.467 e. The summed E-state index contributed by atoms with van der Waals surface area (Å²) in [5.41, 5.74) is 7.05. The molecule has 0 unspecified atom stereocenters. The van der Waals surface area contributed by atoms with Crippen molar-refractivity contribution in [2.75, 3.05) is 18.4 Å². The smallest absolute Gasteiger partial charge is 0.260 e. The number of anilines is 1. The van der Waals surface area contributed by atoms with Gasteiger partial charge in [0.15, 0.2) is 5.13 Å². The van der Waals surface area contributed by atoms with Gasteiger partial charge in [0.2, 0.25) is 0 Å². The molecule has 3 heterocycles. The average Bonchev–Trinajstić information content (AvgIpc) is 3.12. The van der Waals surface area contributed by atoms with E-state index in [4.69, 9.17) is 10.2 Å². The Labute approximate surface area is 127 Å². The first-order chi connectivity index (χ1) is 10.2. The normalized spacial score (nSPS) is 15.0. The predicted octanol–water partition coefficient (Wildman–Crippen LogP) is 1.83. The van der Waals surface area contributed by atoms with Crippen molar-refractivity contribution in [2.24, 2.45) is 5.73 Å². The van der Waals surface area contributed by atoms with Crippen LogP contribution in [-0.4, -0.2) is 28.9 Å². The Balaban J connectivity index is 1.71. The van der Waals surface area contributed by atoms with Crippen LogP contribution in [-0.2, 0) is 19.5 Å². The highest BCUT2D eigenvalue weighted by molar-refractivity contribution is 7.15. The van der Waals surface area contributed by atoms with Crippen LogP contribution in [0, 0.1) is 0 Å². The van der Waals surface area contributed by atoms with Crippen molar-refractivity contribution >= 4 is 22.4 Å². The topological polar surface area (TPSA) is 84.4 Å². The second-order valence-electron chi connectivity index (χ2n) is 4.97. The van der Waals surface area contributed by atoms with Crippen LogP contribution in [0.2, 0.25) is 0 Å². The van der Waals surface area contributed by atoms with Crippen molar-refractivity contribution < 1.29 is 9.21 Å². The molecule has 0 aromatic carbocycles. The quantitative estimate of drug-likeness (QED) is 0.900. The van der Waals surface area contributed by atoms with Crippen LogP contribution in [0.1, 0.15) is 33.6 Å². The number of nitrogens with two attached hydrogens (primary N) is 1. The monoisotopic (exact) mass is 306 g/mol. The van der Waals surface area contributed by atoms with Gasteiger partial charge in [-0.3, -0.25) is 15.0 Å². The lowest BCUT2D eigenvalue weighted by Crippen LogP contribution is -2.29. The molecule has 1 aliphatic heterocycles. The SMILES string of the molecule is CCN1CCc2nc(NC(=O)c3coc(CN)c3)sc2C1. The van der Waals surface area contributed by atoms with Crippen molar-refractivity contribution in [2.45, 2.75) is 26.4 Å². The van der Waals surface area contributed by atoms with E-state index in [1.165, 1.54) is 11.1 Å². The Morgan fingerprint density at radius 3 is 3.19 bits per heavy atom. The van der Waals surface area contributed by atoms with Gasteiger partial charge in [-0.1, -0.05) is 6.92 Å². The van der Waals surface area contributed by atoms with Crippen molar-refractivity contribution in [1.82, 2.24) is 9.88 Å². The van der Waals surface area contributed by atoms with Crippen molar-refractivity contribution in [3.8, 4) is 0 Å². The van der Waals surface area contributed by atoms with Gasteiger partial charge in [-0.2, -0.15) is 0 Å². The van der Waals surface area contributed by atoms with Crippen LogP contribution >= 0.6 is 11.3 Å². The van der Waals surface area contributed by atoms with Crippen molar-refractivity contribution in [3.05, 3.63) is 34.2 Å². The lowest BCUT2D eigenvalue weighted by Gasteiger charge is -2.23. The molecule has 7 heteroatoms. The molecule has 3 rings (SSSR count). The molecule has 0 fully saturated rings. The number of nitrogens with zero attached hydrogens (tertiary/aromatic N) is 2. The number of fused-ring (bicyclic) bond motifs is 1. The minimum absolute atomic E-state index is 0.211. The number of carbonyl (C=O) groups excluding carboxylic acids is 1. The van der Waals surface area contributed by atoms with Gasteiger partial charge in [0, 0.05) is 24.4 Å². The second kappa shape index (κ2) is 5.97. The highest BCUT2D eigenvalue weighted by atomic mass is 32.1. The van der Waals surface area contributed by atoms with E-state index in [0.717, 1.165) is 31.7 Å². The largest absolute Gasteiger partial charge is 0.467 e. The molecule has 112 valence electrons. The fourth-order valence-corrected chi connectivity index (χ4v) is 3.39. The number of carbonyl (C=O) groups is 1. The molecule has 2 aromatic rings. The molecule has 1 aliphatic rings. The maximum atomic E-state index is 12.1. The lowest BCUT2D eigenvalue weighted by atomic mass is 10.2. The van der Waals surface area contributed by atoms with E-state index in [1.54, 1.807) is 17.4 Å². The molecular weight excluding hydrogens is 288 g/mol. The van der Waals surface area contributed by atoms with E-state index >= 15 is 0 Å². The first-order valence-electron chi connectivity index (χ1n) is 6.99. The van der Waals surface area contributed by atoms with E-state index in [-0.39, 0.29) is 12.5 Å². The average molecular weight is 306 g/mol.